The third-order valence-corrected chi connectivity index (χ3v) is 11.6. The van der Waals surface area contributed by atoms with Crippen molar-refractivity contribution >= 4 is 40.2 Å². The number of fused-ring (bicyclic) bond motifs is 4. The van der Waals surface area contributed by atoms with Crippen LogP contribution < -0.4 is 15.4 Å². The Kier molecular flexibility index (Phi) is 9.41. The molecule has 10 nitrogen and oxygen atoms in total. The summed E-state index contributed by atoms with van der Waals surface area (Å²) in [5, 5.41) is -0.0835. The predicted octanol–water partition coefficient (Wildman–Crippen LogP) is 8.02. The van der Waals surface area contributed by atoms with Crippen LogP contribution in [0.2, 0.25) is 5.02 Å². The second-order valence-corrected chi connectivity index (χ2v) is 16.4. The molecule has 0 spiro atoms. The smallest absolute Gasteiger partial charge is 0.418 e. The Morgan fingerprint density at radius 2 is 1.77 bits per heavy atom. The molecular formula is C37H46ClF4N7O3. The lowest BCUT2D eigenvalue weighted by Crippen LogP contribution is -2.50. The van der Waals surface area contributed by atoms with E-state index in [0.717, 1.165) is 57.6 Å². The minimum absolute atomic E-state index is 0.0547. The molecule has 3 aromatic rings. The van der Waals surface area contributed by atoms with Gasteiger partial charge in [-0.05, 0) is 104 Å². The number of alkyl halides is 3. The number of piperidine rings is 1. The average Bonchev–Trinajstić information content (AvgIpc) is 3.59. The zero-order valence-electron chi connectivity index (χ0n) is 30.2. The summed E-state index contributed by atoms with van der Waals surface area (Å²) in [5.41, 5.74) is 2.26. The summed E-state index contributed by atoms with van der Waals surface area (Å²) in [7, 11) is 2.13. The van der Waals surface area contributed by atoms with Gasteiger partial charge in [-0.1, -0.05) is 18.0 Å². The molecule has 2 aromatic heterocycles. The maximum absolute atomic E-state index is 17.0. The van der Waals surface area contributed by atoms with Gasteiger partial charge in [0.2, 0.25) is 0 Å². The highest BCUT2D eigenvalue weighted by atomic mass is 35.5. The van der Waals surface area contributed by atoms with E-state index >= 15 is 4.39 Å². The number of likely N-dealkylation sites (tertiary alicyclic amines) is 1. The zero-order valence-corrected chi connectivity index (χ0v) is 31.0. The first kappa shape index (κ1) is 36.7. The molecule has 2 N–H and O–H groups in total. The number of ether oxygens (including phenoxy) is 2. The van der Waals surface area contributed by atoms with Crippen molar-refractivity contribution in [2.75, 3.05) is 43.9 Å². The van der Waals surface area contributed by atoms with Crippen LogP contribution >= 0.6 is 11.6 Å². The van der Waals surface area contributed by atoms with Crippen molar-refractivity contribution in [2.45, 2.75) is 109 Å². The van der Waals surface area contributed by atoms with E-state index in [4.69, 9.17) is 31.8 Å². The van der Waals surface area contributed by atoms with E-state index in [9.17, 15) is 18.0 Å². The highest BCUT2D eigenvalue weighted by Crippen LogP contribution is 2.48. The lowest BCUT2D eigenvalue weighted by molar-refractivity contribution is -0.137. The van der Waals surface area contributed by atoms with Crippen molar-refractivity contribution in [1.29, 1.82) is 0 Å². The lowest BCUT2D eigenvalue weighted by Gasteiger charge is -2.44. The molecule has 1 saturated carbocycles. The van der Waals surface area contributed by atoms with E-state index in [1.165, 1.54) is 13.0 Å². The molecule has 4 aliphatic rings. The summed E-state index contributed by atoms with van der Waals surface area (Å²) in [6.07, 6.45) is 2.02. The van der Waals surface area contributed by atoms with Crippen molar-refractivity contribution in [3.05, 3.63) is 34.1 Å². The van der Waals surface area contributed by atoms with Gasteiger partial charge in [0, 0.05) is 36.0 Å². The summed E-state index contributed by atoms with van der Waals surface area (Å²) in [6, 6.07) is 2.49. The highest BCUT2D eigenvalue weighted by molar-refractivity contribution is 6.34. The topological polar surface area (TPSA) is 110 Å². The second-order valence-electron chi connectivity index (χ2n) is 16.0. The summed E-state index contributed by atoms with van der Waals surface area (Å²) in [5.74, 6) is -0.960. The van der Waals surface area contributed by atoms with Crippen LogP contribution in [0.1, 0.15) is 83.3 Å². The van der Waals surface area contributed by atoms with Gasteiger partial charge in [-0.25, -0.2) is 14.2 Å². The first-order valence-corrected chi connectivity index (χ1v) is 18.5. The zero-order chi connectivity index (χ0) is 37.3. The molecule has 1 amide bonds. The van der Waals surface area contributed by atoms with Gasteiger partial charge in [-0.2, -0.15) is 23.1 Å². The Hall–Kier alpha value is -3.65. The lowest BCUT2D eigenvalue weighted by atomic mass is 9.76. The molecule has 4 fully saturated rings. The maximum Gasteiger partial charge on any atom is 0.418 e. The minimum Gasteiger partial charge on any atom is -0.463 e. The predicted molar refractivity (Wildman–Crippen MR) is 191 cm³/mol. The fourth-order valence-electron chi connectivity index (χ4n) is 9.18. The van der Waals surface area contributed by atoms with E-state index in [-0.39, 0.29) is 56.9 Å². The van der Waals surface area contributed by atoms with Crippen LogP contribution in [0.15, 0.2) is 12.1 Å². The number of amides is 1. The molecule has 5 heterocycles. The van der Waals surface area contributed by atoms with Crippen molar-refractivity contribution in [3.63, 3.8) is 0 Å². The van der Waals surface area contributed by atoms with Crippen LogP contribution in [-0.4, -0.2) is 87.9 Å². The quantitative estimate of drug-likeness (QED) is 0.260. The largest absolute Gasteiger partial charge is 0.463 e. The number of nitrogens with two attached hydrogens (primary N) is 1. The molecule has 0 radical (unpaired) electrons. The van der Waals surface area contributed by atoms with Crippen LogP contribution in [0, 0.1) is 18.2 Å². The highest BCUT2D eigenvalue weighted by Gasteiger charge is 2.48. The molecule has 7 rings (SSSR count). The van der Waals surface area contributed by atoms with Crippen molar-refractivity contribution in [3.8, 4) is 17.3 Å². The van der Waals surface area contributed by atoms with Gasteiger partial charge in [-0.3, -0.25) is 0 Å². The van der Waals surface area contributed by atoms with E-state index < -0.39 is 34.4 Å². The molecule has 1 aliphatic carbocycles. The molecule has 1 aromatic carbocycles. The minimum atomic E-state index is -4.87. The SMILES string of the molecule is Cc1cc(N)nc(-c2c(Cl)cc3c(N4CC[C@H]5CC[C@@H](C4)N5C(=O)OC(C)(C)C)nc(OC[C@]45CCC[C@H]4N(C)CCC5)nc3c2F)c1C(F)(F)F. The normalized spacial score (nSPS) is 25.4. The summed E-state index contributed by atoms with van der Waals surface area (Å²) in [6.45, 7) is 8.90. The third kappa shape index (κ3) is 6.69. The monoisotopic (exact) mass is 747 g/mol. The Bertz CT molecular complexity index is 1890. The van der Waals surface area contributed by atoms with Crippen molar-refractivity contribution in [1.82, 2.24) is 24.8 Å². The Morgan fingerprint density at radius 1 is 1.04 bits per heavy atom. The number of carbonyl (C=O) groups excluding carboxylic acids is 1. The van der Waals surface area contributed by atoms with Gasteiger partial charge in [-0.15, -0.1) is 0 Å². The van der Waals surface area contributed by atoms with Gasteiger partial charge in [0.15, 0.2) is 5.82 Å². The van der Waals surface area contributed by atoms with Crippen LogP contribution in [0.4, 0.5) is 34.0 Å². The summed E-state index contributed by atoms with van der Waals surface area (Å²) in [4.78, 5) is 32.9. The van der Waals surface area contributed by atoms with Gasteiger partial charge in [0.05, 0.1) is 34.5 Å². The molecule has 3 aliphatic heterocycles. The van der Waals surface area contributed by atoms with Crippen LogP contribution in [0.3, 0.4) is 0 Å². The number of hydrogen-bond donors (Lipinski definition) is 1. The first-order chi connectivity index (χ1) is 24.5. The van der Waals surface area contributed by atoms with E-state index in [1.54, 1.807) is 0 Å². The average molecular weight is 748 g/mol. The molecule has 15 heteroatoms. The first-order valence-electron chi connectivity index (χ1n) is 18.1. The van der Waals surface area contributed by atoms with Crippen molar-refractivity contribution < 1.29 is 31.8 Å². The fraction of sp³-hybridized carbons (Fsp3) is 0.622. The molecular weight excluding hydrogens is 702 g/mol. The van der Waals surface area contributed by atoms with Gasteiger partial charge >= 0.3 is 18.3 Å². The molecule has 2 bridgehead atoms. The third-order valence-electron chi connectivity index (χ3n) is 11.4. The summed E-state index contributed by atoms with van der Waals surface area (Å²) >= 11 is 6.71. The van der Waals surface area contributed by atoms with Crippen molar-refractivity contribution in [2.24, 2.45) is 5.41 Å². The molecule has 3 saturated heterocycles. The number of nitrogen functional groups attached to an aromatic ring is 1. The number of halogens is 5. The van der Waals surface area contributed by atoms with Gasteiger partial charge in [0.1, 0.15) is 22.8 Å². The Morgan fingerprint density at radius 3 is 2.50 bits per heavy atom. The van der Waals surface area contributed by atoms with Crippen LogP contribution in [-0.2, 0) is 10.9 Å². The number of nitrogens with zero attached hydrogens (tertiary/aromatic N) is 6. The van der Waals surface area contributed by atoms with E-state index in [1.807, 2.05) is 30.6 Å². The summed E-state index contributed by atoms with van der Waals surface area (Å²) < 4.78 is 72.5. The Labute approximate surface area is 306 Å². The number of anilines is 2. The number of hydrogen-bond acceptors (Lipinski definition) is 9. The Balaban J connectivity index is 1.34. The fourth-order valence-corrected chi connectivity index (χ4v) is 9.47. The van der Waals surface area contributed by atoms with E-state index in [2.05, 4.69) is 21.9 Å². The molecule has 282 valence electrons. The number of pyridine rings is 1. The number of carbonyl (C=O) groups is 1. The number of aryl methyl sites for hydroxylation is 1. The van der Waals surface area contributed by atoms with Gasteiger partial charge in [0.25, 0.3) is 0 Å². The van der Waals surface area contributed by atoms with Crippen LogP contribution in [0.25, 0.3) is 22.2 Å². The van der Waals surface area contributed by atoms with Crippen LogP contribution in [0.5, 0.6) is 6.01 Å². The molecule has 0 unspecified atom stereocenters. The number of benzene rings is 1. The molecule has 52 heavy (non-hydrogen) atoms. The second kappa shape index (κ2) is 13.3. The number of rotatable bonds is 5. The standard InChI is InChI=1S/C37H46ClF4N7O3/c1-20-16-26(43)44-31(28(20)37(40,41)42)27-24(38)17-23-30(29(27)39)45-33(51-19-36-12-6-8-25(36)47(5)14-7-13-36)46-32(23)48-15-11-21-9-10-22(18-48)49(21)34(50)52-35(2,3)4/h16-17,21-22,25H,6-15,18-19H2,1-5H3,(H2,43,44)/t21-,22+,25-,36-/m1/s1. The maximum atomic E-state index is 17.0. The van der Waals surface area contributed by atoms with Gasteiger partial charge < -0.3 is 29.9 Å². The number of aromatic nitrogens is 3. The van der Waals surface area contributed by atoms with E-state index in [0.29, 0.717) is 38.0 Å². The molecule has 4 atom stereocenters.